The minimum absolute atomic E-state index is 0.0421. The first-order valence-corrected chi connectivity index (χ1v) is 11.3. The molecule has 0 aliphatic carbocycles. The van der Waals surface area contributed by atoms with E-state index in [1.807, 2.05) is 13.0 Å². The van der Waals surface area contributed by atoms with Crippen LogP contribution in [0.3, 0.4) is 0 Å². The molecule has 0 heterocycles. The number of hydrogen-bond acceptors (Lipinski definition) is 5. The number of rotatable bonds is 8. The molecule has 0 aliphatic heterocycles. The fourth-order valence-corrected chi connectivity index (χ4v) is 4.28. The van der Waals surface area contributed by atoms with Gasteiger partial charge in [0.2, 0.25) is 15.9 Å². The van der Waals surface area contributed by atoms with Gasteiger partial charge in [-0.1, -0.05) is 54.1 Å². The first-order chi connectivity index (χ1) is 15.2. The van der Waals surface area contributed by atoms with E-state index in [0.717, 1.165) is 11.1 Å². The van der Waals surface area contributed by atoms with E-state index in [4.69, 9.17) is 0 Å². The maximum absolute atomic E-state index is 13.1. The number of amides is 1. The maximum Gasteiger partial charge on any atom is 0.271 e. The Morgan fingerprint density at radius 2 is 1.66 bits per heavy atom. The van der Waals surface area contributed by atoms with Gasteiger partial charge in [0.05, 0.1) is 15.5 Å². The van der Waals surface area contributed by atoms with Crippen molar-refractivity contribution in [3.63, 3.8) is 0 Å². The normalized spacial score (nSPS) is 12.2. The molecule has 0 aromatic heterocycles. The summed E-state index contributed by atoms with van der Waals surface area (Å²) in [6, 6.07) is 18.3. The van der Waals surface area contributed by atoms with Crippen molar-refractivity contribution in [2.45, 2.75) is 31.2 Å². The van der Waals surface area contributed by atoms with Gasteiger partial charge in [-0.25, -0.2) is 8.42 Å². The van der Waals surface area contributed by atoms with Crippen LogP contribution < -0.4 is 10.0 Å². The molecule has 0 saturated heterocycles. The quantitative estimate of drug-likeness (QED) is 0.398. The van der Waals surface area contributed by atoms with Crippen LogP contribution in [0.1, 0.15) is 16.7 Å². The average Bonchev–Trinajstić information content (AvgIpc) is 2.75. The largest absolute Gasteiger partial charge is 0.324 e. The molecule has 0 fully saturated rings. The molecule has 9 heteroatoms. The highest BCUT2D eigenvalue weighted by Gasteiger charge is 2.27. The maximum atomic E-state index is 13.1. The molecular weight excluding hydrogens is 430 g/mol. The standard InChI is InChI=1S/C23H23N3O5S/c1-16-8-12-20(13-9-16)32(30,31)25-22(14-18-6-4-3-5-7-18)23(27)24-21-15-19(26(28)29)11-10-17(21)2/h3-13,15,22,25H,14H2,1-2H3,(H,24,27)/t22-/m1/s1. The van der Waals surface area contributed by atoms with E-state index < -0.39 is 26.9 Å². The Morgan fingerprint density at radius 1 is 1.00 bits per heavy atom. The Hall–Kier alpha value is -3.56. The molecule has 2 N–H and O–H groups in total. The summed E-state index contributed by atoms with van der Waals surface area (Å²) in [4.78, 5) is 23.7. The van der Waals surface area contributed by atoms with Crippen LogP contribution in [0.4, 0.5) is 11.4 Å². The van der Waals surface area contributed by atoms with Crippen LogP contribution in [0.15, 0.2) is 77.7 Å². The number of benzene rings is 3. The predicted molar refractivity (Wildman–Crippen MR) is 122 cm³/mol. The van der Waals surface area contributed by atoms with Crippen molar-refractivity contribution in [1.29, 1.82) is 0 Å². The van der Waals surface area contributed by atoms with E-state index in [0.29, 0.717) is 5.56 Å². The number of carbonyl (C=O) groups excluding carboxylic acids is 1. The van der Waals surface area contributed by atoms with Crippen molar-refractivity contribution in [1.82, 2.24) is 4.72 Å². The number of anilines is 1. The summed E-state index contributed by atoms with van der Waals surface area (Å²) < 4.78 is 28.3. The summed E-state index contributed by atoms with van der Waals surface area (Å²) in [6.07, 6.45) is 0.103. The highest BCUT2D eigenvalue weighted by Crippen LogP contribution is 2.22. The van der Waals surface area contributed by atoms with E-state index in [9.17, 15) is 23.3 Å². The first kappa shape index (κ1) is 23.1. The average molecular weight is 454 g/mol. The van der Waals surface area contributed by atoms with E-state index in [2.05, 4.69) is 10.0 Å². The Balaban J connectivity index is 1.90. The number of nitrogens with zero attached hydrogens (tertiary/aromatic N) is 1. The number of nitro groups is 1. The number of nitrogens with one attached hydrogen (secondary N) is 2. The zero-order valence-corrected chi connectivity index (χ0v) is 18.4. The smallest absolute Gasteiger partial charge is 0.271 e. The van der Waals surface area contributed by atoms with Crippen LogP contribution in [-0.2, 0) is 21.2 Å². The molecule has 32 heavy (non-hydrogen) atoms. The van der Waals surface area contributed by atoms with Gasteiger partial charge < -0.3 is 5.32 Å². The van der Waals surface area contributed by atoms with Gasteiger partial charge in [0.15, 0.2) is 0 Å². The van der Waals surface area contributed by atoms with Crippen molar-refractivity contribution < 1.29 is 18.1 Å². The second-order valence-electron chi connectivity index (χ2n) is 7.42. The fourth-order valence-electron chi connectivity index (χ4n) is 3.09. The lowest BCUT2D eigenvalue weighted by molar-refractivity contribution is -0.384. The Bertz CT molecular complexity index is 1230. The molecule has 8 nitrogen and oxygen atoms in total. The van der Waals surface area contributed by atoms with Crippen LogP contribution in [0.2, 0.25) is 0 Å². The minimum Gasteiger partial charge on any atom is -0.324 e. The lowest BCUT2D eigenvalue weighted by atomic mass is 10.1. The Morgan fingerprint density at radius 3 is 2.28 bits per heavy atom. The first-order valence-electron chi connectivity index (χ1n) is 9.84. The lowest BCUT2D eigenvalue weighted by Crippen LogP contribution is -2.45. The Labute approximate surface area is 186 Å². The molecule has 0 bridgehead atoms. The van der Waals surface area contributed by atoms with Crippen LogP contribution in [-0.4, -0.2) is 25.3 Å². The molecule has 0 aliphatic rings. The van der Waals surface area contributed by atoms with Gasteiger partial charge in [0.25, 0.3) is 5.69 Å². The van der Waals surface area contributed by atoms with Gasteiger partial charge in [0, 0.05) is 12.1 Å². The number of sulfonamides is 1. The number of nitro benzene ring substituents is 1. The van der Waals surface area contributed by atoms with E-state index in [-0.39, 0.29) is 22.7 Å². The SMILES string of the molecule is Cc1ccc(S(=O)(=O)N[C@H](Cc2ccccc2)C(=O)Nc2cc([N+](=O)[O-])ccc2C)cc1. The van der Waals surface area contributed by atoms with Gasteiger partial charge in [0.1, 0.15) is 6.04 Å². The highest BCUT2D eigenvalue weighted by molar-refractivity contribution is 7.89. The lowest BCUT2D eigenvalue weighted by Gasteiger charge is -2.19. The third kappa shape index (κ3) is 5.77. The molecule has 1 atom stereocenters. The molecule has 1 amide bonds. The van der Waals surface area contributed by atoms with E-state index in [1.165, 1.54) is 30.3 Å². The summed E-state index contributed by atoms with van der Waals surface area (Å²) in [5, 5.41) is 13.7. The number of hydrogen-bond donors (Lipinski definition) is 2. The van der Waals surface area contributed by atoms with Crippen molar-refractivity contribution in [2.75, 3.05) is 5.32 Å². The summed E-state index contributed by atoms with van der Waals surface area (Å²) >= 11 is 0. The highest BCUT2D eigenvalue weighted by atomic mass is 32.2. The van der Waals surface area contributed by atoms with Crippen molar-refractivity contribution in [3.05, 3.63) is 99.6 Å². The van der Waals surface area contributed by atoms with Crippen molar-refractivity contribution in [3.8, 4) is 0 Å². The van der Waals surface area contributed by atoms with Crippen molar-refractivity contribution in [2.24, 2.45) is 0 Å². The van der Waals surface area contributed by atoms with Gasteiger partial charge in [-0.3, -0.25) is 14.9 Å². The number of aryl methyl sites for hydroxylation is 2. The molecule has 0 saturated carbocycles. The summed E-state index contributed by atoms with van der Waals surface area (Å²) in [5.74, 6) is -0.617. The third-order valence-electron chi connectivity index (χ3n) is 4.92. The number of non-ortho nitro benzene ring substituents is 1. The second-order valence-corrected chi connectivity index (χ2v) is 9.14. The molecule has 166 valence electrons. The summed E-state index contributed by atoms with van der Waals surface area (Å²) in [7, 11) is -3.98. The second kappa shape index (κ2) is 9.71. The van der Waals surface area contributed by atoms with Crippen molar-refractivity contribution >= 4 is 27.3 Å². The van der Waals surface area contributed by atoms with Gasteiger partial charge in [-0.05, 0) is 43.5 Å². The van der Waals surface area contributed by atoms with Crippen LogP contribution in [0.5, 0.6) is 0 Å². The monoisotopic (exact) mass is 453 g/mol. The minimum atomic E-state index is -3.98. The molecular formula is C23H23N3O5S. The Kier molecular flexibility index (Phi) is 7.01. The van der Waals surface area contributed by atoms with E-state index in [1.54, 1.807) is 43.3 Å². The number of carbonyl (C=O) groups is 1. The predicted octanol–water partition coefficient (Wildman–Crippen LogP) is 3.74. The molecule has 3 aromatic rings. The van der Waals surface area contributed by atoms with Crippen LogP contribution in [0, 0.1) is 24.0 Å². The molecule has 3 rings (SSSR count). The molecule has 3 aromatic carbocycles. The fraction of sp³-hybridized carbons (Fsp3) is 0.174. The van der Waals surface area contributed by atoms with Crippen LogP contribution in [0.25, 0.3) is 0 Å². The van der Waals surface area contributed by atoms with Gasteiger partial charge in [-0.2, -0.15) is 4.72 Å². The third-order valence-corrected chi connectivity index (χ3v) is 6.41. The topological polar surface area (TPSA) is 118 Å². The summed E-state index contributed by atoms with van der Waals surface area (Å²) in [5.41, 5.74) is 2.35. The molecule has 0 unspecified atom stereocenters. The molecule has 0 radical (unpaired) electrons. The van der Waals surface area contributed by atoms with E-state index >= 15 is 0 Å². The molecule has 0 spiro atoms. The van der Waals surface area contributed by atoms with Gasteiger partial charge >= 0.3 is 0 Å². The van der Waals surface area contributed by atoms with Crippen LogP contribution >= 0.6 is 0 Å². The zero-order chi connectivity index (χ0) is 23.3. The van der Waals surface area contributed by atoms with Gasteiger partial charge in [-0.15, -0.1) is 0 Å². The summed E-state index contributed by atoms with van der Waals surface area (Å²) in [6.45, 7) is 3.54. The zero-order valence-electron chi connectivity index (χ0n) is 17.6.